The van der Waals surface area contributed by atoms with Crippen molar-refractivity contribution < 1.29 is 4.79 Å². The van der Waals surface area contributed by atoms with Crippen LogP contribution in [0.25, 0.3) is 15.3 Å². The van der Waals surface area contributed by atoms with E-state index in [1.54, 1.807) is 22.9 Å². The van der Waals surface area contributed by atoms with E-state index >= 15 is 0 Å². The van der Waals surface area contributed by atoms with Gasteiger partial charge < -0.3 is 0 Å². The van der Waals surface area contributed by atoms with Gasteiger partial charge in [0.1, 0.15) is 4.83 Å². The molecule has 0 aliphatic carbocycles. The van der Waals surface area contributed by atoms with Gasteiger partial charge in [0.15, 0.2) is 16.1 Å². The van der Waals surface area contributed by atoms with Crippen LogP contribution in [-0.2, 0) is 6.54 Å². The summed E-state index contributed by atoms with van der Waals surface area (Å²) < 4.78 is 3.56. The van der Waals surface area contributed by atoms with Gasteiger partial charge >= 0.3 is 0 Å². The van der Waals surface area contributed by atoms with Gasteiger partial charge in [0, 0.05) is 35.1 Å². The molecule has 148 valence electrons. The van der Waals surface area contributed by atoms with Crippen molar-refractivity contribution in [2.24, 2.45) is 0 Å². The third kappa shape index (κ3) is 3.61. The van der Waals surface area contributed by atoms with Gasteiger partial charge in [0.25, 0.3) is 5.56 Å². The second-order valence-electron chi connectivity index (χ2n) is 6.38. The first-order chi connectivity index (χ1) is 14.0. The van der Waals surface area contributed by atoms with Gasteiger partial charge in [-0.3, -0.25) is 18.7 Å². The van der Waals surface area contributed by atoms with Crippen molar-refractivity contribution in [3.63, 3.8) is 0 Å². The molecular weight excluding hydrogens is 424 g/mol. The van der Waals surface area contributed by atoms with Crippen LogP contribution in [0.1, 0.15) is 21.7 Å². The summed E-state index contributed by atoms with van der Waals surface area (Å²) in [6.45, 7) is 7.97. The van der Waals surface area contributed by atoms with Crippen LogP contribution in [0.3, 0.4) is 0 Å². The van der Waals surface area contributed by atoms with E-state index in [-0.39, 0.29) is 17.1 Å². The SMILES string of the molecule is C=CCn1c(SCC(=O)c2cc(C)n(-c3nccs3)c2C)nc2sccc2c1=O. The Kier molecular flexibility index (Phi) is 5.53. The highest BCUT2D eigenvalue weighted by Crippen LogP contribution is 2.26. The molecule has 0 spiro atoms. The van der Waals surface area contributed by atoms with E-state index in [4.69, 9.17) is 0 Å². The quantitative estimate of drug-likeness (QED) is 0.183. The predicted octanol–water partition coefficient (Wildman–Crippen LogP) is 4.48. The molecule has 9 heteroatoms. The maximum absolute atomic E-state index is 13.0. The number of nitrogens with zero attached hydrogens (tertiary/aromatic N) is 4. The van der Waals surface area contributed by atoms with Gasteiger partial charge in [-0.15, -0.1) is 29.3 Å². The molecule has 4 aromatic rings. The average Bonchev–Trinajstić information content (AvgIpc) is 3.43. The molecule has 0 saturated heterocycles. The number of carbonyl (C=O) groups is 1. The van der Waals surface area contributed by atoms with E-state index in [0.29, 0.717) is 27.5 Å². The summed E-state index contributed by atoms with van der Waals surface area (Å²) in [5.41, 5.74) is 2.40. The zero-order chi connectivity index (χ0) is 20.5. The van der Waals surface area contributed by atoms with E-state index in [1.165, 1.54) is 34.4 Å². The molecule has 4 aromatic heterocycles. The molecule has 4 rings (SSSR count). The van der Waals surface area contributed by atoms with Crippen LogP contribution in [0.2, 0.25) is 0 Å². The number of rotatable bonds is 7. The van der Waals surface area contributed by atoms with Gasteiger partial charge in [0.05, 0.1) is 11.1 Å². The van der Waals surface area contributed by atoms with Crippen LogP contribution in [0, 0.1) is 13.8 Å². The van der Waals surface area contributed by atoms with Crippen molar-refractivity contribution in [3.8, 4) is 5.13 Å². The lowest BCUT2D eigenvalue weighted by atomic mass is 10.2. The van der Waals surface area contributed by atoms with Gasteiger partial charge in [-0.1, -0.05) is 17.8 Å². The summed E-state index contributed by atoms with van der Waals surface area (Å²) in [7, 11) is 0. The van der Waals surface area contributed by atoms with Crippen molar-refractivity contribution in [1.29, 1.82) is 0 Å². The van der Waals surface area contributed by atoms with E-state index in [1.807, 2.05) is 35.2 Å². The van der Waals surface area contributed by atoms with Crippen LogP contribution >= 0.6 is 34.4 Å². The van der Waals surface area contributed by atoms with Gasteiger partial charge in [-0.2, -0.15) is 0 Å². The Morgan fingerprint density at radius 1 is 1.31 bits per heavy atom. The number of aromatic nitrogens is 4. The van der Waals surface area contributed by atoms with Crippen molar-refractivity contribution in [2.75, 3.05) is 5.75 Å². The topological polar surface area (TPSA) is 69.8 Å². The highest BCUT2D eigenvalue weighted by molar-refractivity contribution is 7.99. The van der Waals surface area contributed by atoms with Gasteiger partial charge in [0.2, 0.25) is 0 Å². The Bertz CT molecular complexity index is 1270. The first-order valence-corrected chi connectivity index (χ1v) is 11.6. The number of thioether (sulfide) groups is 1. The van der Waals surface area contributed by atoms with E-state index in [2.05, 4.69) is 16.5 Å². The summed E-state index contributed by atoms with van der Waals surface area (Å²) in [5.74, 6) is 0.194. The van der Waals surface area contributed by atoms with Crippen LogP contribution in [0.4, 0.5) is 0 Å². The molecule has 0 radical (unpaired) electrons. The molecule has 0 atom stereocenters. The van der Waals surface area contributed by atoms with Crippen molar-refractivity contribution in [3.05, 3.63) is 69.0 Å². The van der Waals surface area contributed by atoms with E-state index in [0.717, 1.165) is 16.5 Å². The summed E-state index contributed by atoms with van der Waals surface area (Å²) in [6, 6.07) is 3.67. The van der Waals surface area contributed by atoms with E-state index in [9.17, 15) is 9.59 Å². The number of fused-ring (bicyclic) bond motifs is 1. The zero-order valence-electron chi connectivity index (χ0n) is 15.9. The number of aryl methyl sites for hydroxylation is 1. The minimum absolute atomic E-state index is 0.00316. The fraction of sp³-hybridized carbons (Fsp3) is 0.200. The molecule has 29 heavy (non-hydrogen) atoms. The second kappa shape index (κ2) is 8.10. The summed E-state index contributed by atoms with van der Waals surface area (Å²) in [4.78, 5) is 35.3. The minimum atomic E-state index is -0.104. The predicted molar refractivity (Wildman–Crippen MR) is 120 cm³/mol. The summed E-state index contributed by atoms with van der Waals surface area (Å²) >= 11 is 4.23. The average molecular weight is 443 g/mol. The Labute approximate surface area is 179 Å². The first kappa shape index (κ1) is 19.8. The van der Waals surface area contributed by atoms with Crippen molar-refractivity contribution >= 4 is 50.4 Å². The standard InChI is InChI=1S/C20H18N4O2S3/c1-4-7-23-18(26)14-5-8-27-17(14)22-20(23)29-11-16(25)15-10-12(2)24(13(15)3)19-21-6-9-28-19/h4-6,8-10H,1,7,11H2,2-3H3. The fourth-order valence-electron chi connectivity index (χ4n) is 3.20. The Morgan fingerprint density at radius 3 is 2.86 bits per heavy atom. The first-order valence-electron chi connectivity index (χ1n) is 8.85. The van der Waals surface area contributed by atoms with Crippen LogP contribution in [0.15, 0.2) is 51.7 Å². The molecule has 0 aromatic carbocycles. The maximum Gasteiger partial charge on any atom is 0.263 e. The molecule has 4 heterocycles. The van der Waals surface area contributed by atoms with Crippen LogP contribution in [0.5, 0.6) is 0 Å². The minimum Gasteiger partial charge on any atom is -0.294 e. The molecule has 0 N–H and O–H groups in total. The largest absolute Gasteiger partial charge is 0.294 e. The summed E-state index contributed by atoms with van der Waals surface area (Å²) in [5, 5.41) is 5.74. The Balaban J connectivity index is 1.62. The lowest BCUT2D eigenvalue weighted by Gasteiger charge is -2.10. The third-order valence-electron chi connectivity index (χ3n) is 4.53. The molecule has 0 aliphatic heterocycles. The second-order valence-corrected chi connectivity index (χ2v) is 9.10. The van der Waals surface area contributed by atoms with Crippen LogP contribution in [-0.4, -0.2) is 30.6 Å². The zero-order valence-corrected chi connectivity index (χ0v) is 18.4. The number of thiophene rings is 1. The fourth-order valence-corrected chi connectivity index (χ4v) is 5.65. The molecule has 0 unspecified atom stereocenters. The van der Waals surface area contributed by atoms with Gasteiger partial charge in [-0.25, -0.2) is 9.97 Å². The number of hydrogen-bond acceptors (Lipinski definition) is 7. The number of Topliss-reactive ketones (excluding diaryl/α,β-unsaturated/α-hetero) is 1. The van der Waals surface area contributed by atoms with Crippen LogP contribution < -0.4 is 5.56 Å². The lowest BCUT2D eigenvalue weighted by molar-refractivity contribution is 0.102. The lowest BCUT2D eigenvalue weighted by Crippen LogP contribution is -2.22. The Hall–Kier alpha value is -2.49. The number of thiazole rings is 1. The number of hydrogen-bond donors (Lipinski definition) is 0. The third-order valence-corrected chi connectivity index (χ3v) is 7.07. The molecule has 0 saturated carbocycles. The normalized spacial score (nSPS) is 11.2. The maximum atomic E-state index is 13.0. The number of carbonyl (C=O) groups excluding carboxylic acids is 1. The molecular formula is C20H18N4O2S3. The van der Waals surface area contributed by atoms with E-state index < -0.39 is 0 Å². The smallest absolute Gasteiger partial charge is 0.263 e. The van der Waals surface area contributed by atoms with Crippen molar-refractivity contribution in [2.45, 2.75) is 25.5 Å². The highest BCUT2D eigenvalue weighted by Gasteiger charge is 2.19. The van der Waals surface area contributed by atoms with Crippen molar-refractivity contribution in [1.82, 2.24) is 19.1 Å². The number of ketones is 1. The molecule has 0 fully saturated rings. The monoisotopic (exact) mass is 442 g/mol. The highest BCUT2D eigenvalue weighted by atomic mass is 32.2. The molecule has 0 amide bonds. The number of allylic oxidation sites excluding steroid dienone is 1. The summed E-state index contributed by atoms with van der Waals surface area (Å²) in [6.07, 6.45) is 3.41. The molecule has 0 bridgehead atoms. The molecule has 0 aliphatic rings. The Morgan fingerprint density at radius 2 is 2.14 bits per heavy atom. The van der Waals surface area contributed by atoms with Gasteiger partial charge in [-0.05, 0) is 31.4 Å². The molecule has 6 nitrogen and oxygen atoms in total.